The molecule has 0 aliphatic rings. The van der Waals surface area contributed by atoms with E-state index in [-0.39, 0.29) is 13.6 Å². The van der Waals surface area contributed by atoms with Gasteiger partial charge in [-0.05, 0) is 12.0 Å². The zero-order chi connectivity index (χ0) is 11.8. The minimum absolute atomic E-state index is 0.0541. The van der Waals surface area contributed by atoms with Crippen molar-refractivity contribution in [1.82, 2.24) is 4.90 Å². The maximum Gasteiger partial charge on any atom is 0.409 e. The Kier molecular flexibility index (Phi) is 4.05. The first-order chi connectivity index (χ1) is 7.77. The van der Waals surface area contributed by atoms with Gasteiger partial charge in [0.1, 0.15) is 6.61 Å². The standard InChI is InChI=1S/C12H17NO2/c1-3-9-13(2)12(14)15-10-11-7-5-4-6-8-11/h4-8H,3,9-10H2,1-2H3/i2D. The van der Waals surface area contributed by atoms with Gasteiger partial charge in [0.2, 0.25) is 0 Å². The first-order valence-electron chi connectivity index (χ1n) is 5.73. The van der Waals surface area contributed by atoms with E-state index in [1.165, 1.54) is 4.90 Å². The predicted molar refractivity (Wildman–Crippen MR) is 59.5 cm³/mol. The highest BCUT2D eigenvalue weighted by molar-refractivity contribution is 5.67. The summed E-state index contributed by atoms with van der Waals surface area (Å²) in [7, 11) is -0.0541. The number of nitrogens with zero attached hydrogens (tertiary/aromatic N) is 1. The van der Waals surface area contributed by atoms with Gasteiger partial charge >= 0.3 is 6.09 Å². The normalized spacial score (nSPS) is 10.6. The van der Waals surface area contributed by atoms with Crippen molar-refractivity contribution in [2.45, 2.75) is 20.0 Å². The smallest absolute Gasteiger partial charge is 0.409 e. The van der Waals surface area contributed by atoms with Crippen molar-refractivity contribution in [3.8, 4) is 0 Å². The molecular formula is C12H17NO2. The number of carbonyl (C=O) groups excluding carboxylic acids is 1. The molecule has 0 aliphatic heterocycles. The van der Waals surface area contributed by atoms with E-state index in [1.807, 2.05) is 37.3 Å². The van der Waals surface area contributed by atoms with Crippen LogP contribution in [0.25, 0.3) is 0 Å². The highest BCUT2D eigenvalue weighted by Crippen LogP contribution is 2.02. The summed E-state index contributed by atoms with van der Waals surface area (Å²) in [5, 5.41) is 0. The fourth-order valence-electron chi connectivity index (χ4n) is 1.17. The van der Waals surface area contributed by atoms with E-state index in [9.17, 15) is 4.79 Å². The number of hydrogen-bond acceptors (Lipinski definition) is 2. The lowest BCUT2D eigenvalue weighted by Gasteiger charge is -2.15. The van der Waals surface area contributed by atoms with Gasteiger partial charge in [-0.1, -0.05) is 37.3 Å². The molecule has 3 nitrogen and oxygen atoms in total. The van der Waals surface area contributed by atoms with Crippen molar-refractivity contribution in [2.24, 2.45) is 0 Å². The molecule has 0 N–H and O–H groups in total. The van der Waals surface area contributed by atoms with E-state index < -0.39 is 6.09 Å². The van der Waals surface area contributed by atoms with Gasteiger partial charge in [-0.3, -0.25) is 0 Å². The summed E-state index contributed by atoms with van der Waals surface area (Å²) in [5.41, 5.74) is 0.956. The summed E-state index contributed by atoms with van der Waals surface area (Å²) in [5.74, 6) is 0. The summed E-state index contributed by atoms with van der Waals surface area (Å²) in [6.45, 7) is 2.80. The van der Waals surface area contributed by atoms with E-state index in [1.54, 1.807) is 0 Å². The highest BCUT2D eigenvalue weighted by Gasteiger charge is 2.07. The molecule has 0 radical (unpaired) electrons. The van der Waals surface area contributed by atoms with Gasteiger partial charge in [0.05, 0.1) is 0 Å². The molecule has 0 saturated heterocycles. The van der Waals surface area contributed by atoms with Crippen LogP contribution in [0.4, 0.5) is 4.79 Å². The molecule has 0 heterocycles. The lowest BCUT2D eigenvalue weighted by molar-refractivity contribution is 0.105. The van der Waals surface area contributed by atoms with Crippen molar-refractivity contribution in [3.63, 3.8) is 0 Å². The Balaban J connectivity index is 2.40. The van der Waals surface area contributed by atoms with Gasteiger partial charge in [-0.25, -0.2) is 4.79 Å². The fourth-order valence-corrected chi connectivity index (χ4v) is 1.17. The summed E-state index contributed by atoms with van der Waals surface area (Å²) < 4.78 is 12.3. The van der Waals surface area contributed by atoms with Gasteiger partial charge in [0.25, 0.3) is 0 Å². The van der Waals surface area contributed by atoms with Gasteiger partial charge < -0.3 is 9.64 Å². The zero-order valence-corrected chi connectivity index (χ0v) is 8.98. The predicted octanol–water partition coefficient (Wildman–Crippen LogP) is 2.67. The SMILES string of the molecule is [2H]CN(CCC)C(=O)OCc1ccccc1. The number of rotatable bonds is 4. The third-order valence-electron chi connectivity index (χ3n) is 1.96. The quantitative estimate of drug-likeness (QED) is 0.761. The van der Waals surface area contributed by atoms with Crippen LogP contribution < -0.4 is 0 Å². The molecule has 0 atom stereocenters. The minimum Gasteiger partial charge on any atom is -0.445 e. The lowest BCUT2D eigenvalue weighted by Crippen LogP contribution is -2.27. The molecule has 1 rings (SSSR count). The molecule has 0 unspecified atom stereocenters. The van der Waals surface area contributed by atoms with Crippen molar-refractivity contribution in [2.75, 3.05) is 13.6 Å². The second kappa shape index (κ2) is 6.06. The Morgan fingerprint density at radius 1 is 1.47 bits per heavy atom. The highest BCUT2D eigenvalue weighted by atomic mass is 16.6. The van der Waals surface area contributed by atoms with Crippen molar-refractivity contribution in [1.29, 1.82) is 0 Å². The number of hydrogen-bond donors (Lipinski definition) is 0. The van der Waals surface area contributed by atoms with E-state index >= 15 is 0 Å². The van der Waals surface area contributed by atoms with Crippen LogP contribution in [0.2, 0.25) is 0 Å². The van der Waals surface area contributed by atoms with Crippen LogP contribution >= 0.6 is 0 Å². The first kappa shape index (κ1) is 10.0. The molecule has 1 amide bonds. The molecule has 3 heteroatoms. The molecule has 82 valence electrons. The zero-order valence-electron chi connectivity index (χ0n) is 9.98. The topological polar surface area (TPSA) is 29.5 Å². The summed E-state index contributed by atoms with van der Waals surface area (Å²) in [6.07, 6.45) is 0.417. The van der Waals surface area contributed by atoms with Crippen LogP contribution in [0, 0.1) is 0 Å². The average molecular weight is 208 g/mol. The summed E-state index contributed by atoms with van der Waals surface area (Å²) >= 11 is 0. The average Bonchev–Trinajstić information content (AvgIpc) is 2.34. The summed E-state index contributed by atoms with van der Waals surface area (Å²) in [4.78, 5) is 12.9. The Morgan fingerprint density at radius 3 is 2.80 bits per heavy atom. The Hall–Kier alpha value is -1.51. The van der Waals surface area contributed by atoms with E-state index in [2.05, 4.69) is 0 Å². The number of benzene rings is 1. The van der Waals surface area contributed by atoms with Crippen LogP contribution in [0.5, 0.6) is 0 Å². The molecule has 0 bridgehead atoms. The van der Waals surface area contributed by atoms with E-state index in [0.29, 0.717) is 6.54 Å². The lowest BCUT2D eigenvalue weighted by atomic mass is 10.2. The molecule has 1 aromatic rings. The van der Waals surface area contributed by atoms with Crippen molar-refractivity contribution >= 4 is 6.09 Å². The maximum atomic E-state index is 11.5. The van der Waals surface area contributed by atoms with Crippen LogP contribution in [0.1, 0.15) is 20.3 Å². The van der Waals surface area contributed by atoms with Gasteiger partial charge in [0.15, 0.2) is 0 Å². The van der Waals surface area contributed by atoms with Crippen LogP contribution in [-0.4, -0.2) is 24.6 Å². The first-order valence-corrected chi connectivity index (χ1v) is 5.02. The molecule has 0 saturated carbocycles. The Labute approximate surface area is 92.1 Å². The number of amides is 1. The molecular weight excluding hydrogens is 190 g/mol. The number of ether oxygens (including phenoxy) is 1. The fraction of sp³-hybridized carbons (Fsp3) is 0.417. The second-order valence-corrected chi connectivity index (χ2v) is 3.30. The Morgan fingerprint density at radius 2 is 2.20 bits per heavy atom. The van der Waals surface area contributed by atoms with Crippen molar-refractivity contribution in [3.05, 3.63) is 35.9 Å². The summed E-state index contributed by atoms with van der Waals surface area (Å²) in [6, 6.07) is 9.52. The van der Waals surface area contributed by atoms with Gasteiger partial charge in [0, 0.05) is 14.9 Å². The third kappa shape index (κ3) is 4.02. The van der Waals surface area contributed by atoms with Crippen molar-refractivity contribution < 1.29 is 10.9 Å². The minimum atomic E-state index is -0.416. The monoisotopic (exact) mass is 208 g/mol. The molecule has 0 spiro atoms. The van der Waals surface area contributed by atoms with E-state index in [0.717, 1.165) is 12.0 Å². The van der Waals surface area contributed by atoms with Gasteiger partial charge in [-0.2, -0.15) is 0 Å². The third-order valence-corrected chi connectivity index (χ3v) is 1.96. The number of carbonyl (C=O) groups is 1. The van der Waals surface area contributed by atoms with Gasteiger partial charge in [-0.15, -0.1) is 0 Å². The Bertz CT molecular complexity index is 316. The second-order valence-electron chi connectivity index (χ2n) is 3.30. The maximum absolute atomic E-state index is 11.5. The molecule has 15 heavy (non-hydrogen) atoms. The molecule has 1 aromatic carbocycles. The van der Waals surface area contributed by atoms with Crippen LogP contribution in [0.3, 0.4) is 0 Å². The van der Waals surface area contributed by atoms with Crippen LogP contribution in [-0.2, 0) is 11.3 Å². The molecule has 0 aliphatic carbocycles. The largest absolute Gasteiger partial charge is 0.445 e. The molecule has 0 aromatic heterocycles. The van der Waals surface area contributed by atoms with E-state index in [4.69, 9.17) is 6.11 Å². The van der Waals surface area contributed by atoms with Crippen LogP contribution in [0.15, 0.2) is 30.3 Å². The molecule has 0 fully saturated rings.